The maximum Gasteiger partial charge on any atom is 0.214 e. The van der Waals surface area contributed by atoms with Crippen molar-refractivity contribution < 1.29 is 13.2 Å². The summed E-state index contributed by atoms with van der Waals surface area (Å²) < 4.78 is 33.2. The van der Waals surface area contributed by atoms with Crippen LogP contribution in [0.2, 0.25) is 0 Å². The maximum absolute atomic E-state index is 12.3. The van der Waals surface area contributed by atoms with Crippen molar-refractivity contribution in [3.05, 3.63) is 46.8 Å². The Morgan fingerprint density at radius 1 is 1.23 bits per heavy atom. The number of nitrogens with one attached hydrogen (secondary N) is 1. The minimum atomic E-state index is -3.35. The molecule has 0 bridgehead atoms. The molecule has 1 saturated heterocycles. The predicted octanol–water partition coefficient (Wildman–Crippen LogP) is 3.83. The zero-order chi connectivity index (χ0) is 18.7. The smallest absolute Gasteiger partial charge is 0.214 e. The summed E-state index contributed by atoms with van der Waals surface area (Å²) in [6.07, 6.45) is 1.31. The average Bonchev–Trinajstić information content (AvgIpc) is 3.11. The lowest BCUT2D eigenvalue weighted by atomic mass is 9.96. The number of benzene rings is 1. The van der Waals surface area contributed by atoms with Gasteiger partial charge in [0.25, 0.3) is 0 Å². The molecule has 5 nitrogen and oxygen atoms in total. The van der Waals surface area contributed by atoms with Gasteiger partial charge < -0.3 is 4.74 Å². The highest BCUT2D eigenvalue weighted by atomic mass is 32.2. The number of hydrogen-bond acceptors (Lipinski definition) is 5. The van der Waals surface area contributed by atoms with E-state index in [2.05, 4.69) is 10.8 Å². The van der Waals surface area contributed by atoms with Gasteiger partial charge in [0.2, 0.25) is 10.0 Å². The lowest BCUT2D eigenvalue weighted by Gasteiger charge is -2.33. The Hall–Kier alpha value is -1.72. The second-order valence-corrected chi connectivity index (χ2v) is 10.0. The summed E-state index contributed by atoms with van der Waals surface area (Å²) in [6.45, 7) is 3.97. The summed E-state index contributed by atoms with van der Waals surface area (Å²) in [5, 5.41) is 8.49. The van der Waals surface area contributed by atoms with E-state index in [9.17, 15) is 8.42 Å². The van der Waals surface area contributed by atoms with Gasteiger partial charge in [-0.25, -0.2) is 13.1 Å². The van der Waals surface area contributed by atoms with Crippen molar-refractivity contribution in [2.45, 2.75) is 44.1 Å². The Morgan fingerprint density at radius 2 is 1.96 bits per heavy atom. The molecule has 0 unspecified atom stereocenters. The van der Waals surface area contributed by atoms with Crippen molar-refractivity contribution in [1.29, 1.82) is 5.26 Å². The molecule has 138 valence electrons. The SMILES string of the molecule is CC(C)S(=O)(=O)N[C@@H]1CCCO[C@@H]1c1ccc(-c2ccc(C#N)s2)cc1. The molecule has 1 aromatic carbocycles. The highest BCUT2D eigenvalue weighted by molar-refractivity contribution is 7.90. The number of ether oxygens (including phenoxy) is 1. The largest absolute Gasteiger partial charge is 0.372 e. The minimum Gasteiger partial charge on any atom is -0.372 e. The molecule has 1 aromatic heterocycles. The quantitative estimate of drug-likeness (QED) is 0.841. The summed E-state index contributed by atoms with van der Waals surface area (Å²) >= 11 is 1.46. The zero-order valence-electron chi connectivity index (χ0n) is 14.8. The van der Waals surface area contributed by atoms with Crippen molar-refractivity contribution in [2.24, 2.45) is 0 Å². The molecule has 1 aliphatic rings. The number of nitrogens with zero attached hydrogens (tertiary/aromatic N) is 1. The molecule has 2 aromatic rings. The highest BCUT2D eigenvalue weighted by Crippen LogP contribution is 2.32. The van der Waals surface area contributed by atoms with Crippen LogP contribution in [0.5, 0.6) is 0 Å². The van der Waals surface area contributed by atoms with E-state index in [1.165, 1.54) is 11.3 Å². The van der Waals surface area contributed by atoms with Crippen LogP contribution in [0, 0.1) is 11.3 Å². The van der Waals surface area contributed by atoms with Crippen LogP contribution in [0.25, 0.3) is 10.4 Å². The third-order valence-electron chi connectivity index (χ3n) is 4.50. The van der Waals surface area contributed by atoms with Crippen molar-refractivity contribution in [3.8, 4) is 16.5 Å². The van der Waals surface area contributed by atoms with Gasteiger partial charge in [-0.1, -0.05) is 24.3 Å². The van der Waals surface area contributed by atoms with Gasteiger partial charge in [-0.05, 0) is 49.9 Å². The van der Waals surface area contributed by atoms with E-state index >= 15 is 0 Å². The fourth-order valence-electron chi connectivity index (χ4n) is 2.97. The Morgan fingerprint density at radius 3 is 2.58 bits per heavy atom. The third-order valence-corrected chi connectivity index (χ3v) is 7.41. The van der Waals surface area contributed by atoms with Gasteiger partial charge in [-0.3, -0.25) is 0 Å². The van der Waals surface area contributed by atoms with E-state index < -0.39 is 15.3 Å². The molecule has 0 radical (unpaired) electrons. The van der Waals surface area contributed by atoms with Crippen LogP contribution in [0.15, 0.2) is 36.4 Å². The Bertz CT molecular complexity index is 896. The average molecular weight is 391 g/mol. The summed E-state index contributed by atoms with van der Waals surface area (Å²) in [4.78, 5) is 1.72. The van der Waals surface area contributed by atoms with E-state index in [0.29, 0.717) is 11.5 Å². The lowest BCUT2D eigenvalue weighted by molar-refractivity contribution is -0.00446. The van der Waals surface area contributed by atoms with Gasteiger partial charge in [0.05, 0.1) is 17.4 Å². The van der Waals surface area contributed by atoms with Crippen molar-refractivity contribution in [1.82, 2.24) is 4.72 Å². The number of rotatable bonds is 5. The second kappa shape index (κ2) is 7.89. The monoisotopic (exact) mass is 390 g/mol. The van der Waals surface area contributed by atoms with Gasteiger partial charge in [0.15, 0.2) is 0 Å². The van der Waals surface area contributed by atoms with Crippen LogP contribution >= 0.6 is 11.3 Å². The first-order valence-corrected chi connectivity index (χ1v) is 11.0. The lowest BCUT2D eigenvalue weighted by Crippen LogP contribution is -2.45. The first kappa shape index (κ1) is 19.1. The predicted molar refractivity (Wildman–Crippen MR) is 103 cm³/mol. The molecule has 1 N–H and O–H groups in total. The van der Waals surface area contributed by atoms with Gasteiger partial charge >= 0.3 is 0 Å². The fourth-order valence-corrected chi connectivity index (χ4v) is 4.71. The zero-order valence-corrected chi connectivity index (χ0v) is 16.4. The topological polar surface area (TPSA) is 79.2 Å². The molecular formula is C19H22N2O3S2. The summed E-state index contributed by atoms with van der Waals surface area (Å²) in [7, 11) is -3.35. The molecule has 0 saturated carbocycles. The Balaban J connectivity index is 1.81. The number of hydrogen-bond donors (Lipinski definition) is 1. The van der Waals surface area contributed by atoms with Crippen molar-refractivity contribution >= 4 is 21.4 Å². The van der Waals surface area contributed by atoms with E-state index in [1.54, 1.807) is 13.8 Å². The molecule has 0 spiro atoms. The second-order valence-electron chi connectivity index (χ2n) is 6.65. The number of thiophene rings is 1. The molecular weight excluding hydrogens is 368 g/mol. The first-order chi connectivity index (χ1) is 12.4. The van der Waals surface area contributed by atoms with E-state index in [0.717, 1.165) is 28.8 Å². The van der Waals surface area contributed by atoms with Crippen LogP contribution < -0.4 is 4.72 Å². The molecule has 0 aliphatic carbocycles. The third kappa shape index (κ3) is 4.15. The van der Waals surface area contributed by atoms with Crippen molar-refractivity contribution in [2.75, 3.05) is 6.61 Å². The number of nitriles is 1. The molecule has 1 aliphatic heterocycles. The molecule has 26 heavy (non-hydrogen) atoms. The molecule has 7 heteroatoms. The normalized spacial score (nSPS) is 20.8. The van der Waals surface area contributed by atoms with E-state index in [4.69, 9.17) is 10.00 Å². The summed E-state index contributed by atoms with van der Waals surface area (Å²) in [6, 6.07) is 13.6. The summed E-state index contributed by atoms with van der Waals surface area (Å²) in [5.41, 5.74) is 2.00. The number of sulfonamides is 1. The first-order valence-electron chi connectivity index (χ1n) is 8.64. The van der Waals surface area contributed by atoms with Gasteiger partial charge in [-0.15, -0.1) is 11.3 Å². The van der Waals surface area contributed by atoms with Crippen molar-refractivity contribution in [3.63, 3.8) is 0 Å². The van der Waals surface area contributed by atoms with Gasteiger partial charge in [-0.2, -0.15) is 5.26 Å². The van der Waals surface area contributed by atoms with Gasteiger partial charge in [0.1, 0.15) is 10.9 Å². The van der Waals surface area contributed by atoms with Crippen LogP contribution in [0.4, 0.5) is 0 Å². The highest BCUT2D eigenvalue weighted by Gasteiger charge is 2.31. The van der Waals surface area contributed by atoms with Crippen LogP contribution in [-0.2, 0) is 14.8 Å². The standard InChI is InChI=1S/C19H22N2O3S2/c1-13(2)26(22,23)21-17-4-3-11-24-19(17)15-7-5-14(6-8-15)18-10-9-16(12-20)25-18/h5-10,13,17,19,21H,3-4,11H2,1-2H3/t17-,19-/m1/s1. The molecule has 0 amide bonds. The van der Waals surface area contributed by atoms with Crippen LogP contribution in [0.1, 0.15) is 43.2 Å². The van der Waals surface area contributed by atoms with Crippen LogP contribution in [-0.4, -0.2) is 26.3 Å². The molecule has 2 atom stereocenters. The van der Waals surface area contributed by atoms with Gasteiger partial charge in [0, 0.05) is 11.5 Å². The minimum absolute atomic E-state index is 0.256. The molecule has 1 fully saturated rings. The summed E-state index contributed by atoms with van der Waals surface area (Å²) in [5.74, 6) is 0. The molecule has 3 rings (SSSR count). The maximum atomic E-state index is 12.3. The van der Waals surface area contributed by atoms with Crippen LogP contribution in [0.3, 0.4) is 0 Å². The van der Waals surface area contributed by atoms with E-state index in [-0.39, 0.29) is 12.1 Å². The van der Waals surface area contributed by atoms with E-state index in [1.807, 2.05) is 36.4 Å². The Labute approximate surface area is 158 Å². The fraction of sp³-hybridized carbons (Fsp3) is 0.421. The molecule has 2 heterocycles. The Kier molecular flexibility index (Phi) is 5.78.